The van der Waals surface area contributed by atoms with Gasteiger partial charge in [0.15, 0.2) is 0 Å². The highest BCUT2D eigenvalue weighted by molar-refractivity contribution is 5.97. The van der Waals surface area contributed by atoms with Gasteiger partial charge in [-0.25, -0.2) is 4.39 Å². The summed E-state index contributed by atoms with van der Waals surface area (Å²) < 4.78 is 13.6. The van der Waals surface area contributed by atoms with Crippen LogP contribution in [0.15, 0.2) is 48.5 Å². The van der Waals surface area contributed by atoms with Gasteiger partial charge in [-0.05, 0) is 30.0 Å². The number of hydrogen-bond acceptors (Lipinski definition) is 2. The molecule has 4 heteroatoms. The quantitative estimate of drug-likeness (QED) is 0.842. The molecule has 1 amide bonds. The number of carbonyl (C=O) groups is 1. The molecule has 2 aromatic carbocycles. The third kappa shape index (κ3) is 2.37. The van der Waals surface area contributed by atoms with Crippen molar-refractivity contribution >= 4 is 17.3 Å². The van der Waals surface area contributed by atoms with E-state index in [1.54, 1.807) is 6.07 Å². The van der Waals surface area contributed by atoms with Crippen LogP contribution in [0.2, 0.25) is 0 Å². The van der Waals surface area contributed by atoms with E-state index in [1.165, 1.54) is 12.1 Å². The van der Waals surface area contributed by atoms with Crippen molar-refractivity contribution < 1.29 is 9.18 Å². The number of hydrogen-bond donors (Lipinski definition) is 2. The molecular formula is C16H15FN2O. The molecule has 3 N–H and O–H groups in total. The summed E-state index contributed by atoms with van der Waals surface area (Å²) >= 11 is 0. The summed E-state index contributed by atoms with van der Waals surface area (Å²) in [6.45, 7) is 0. The Balaban J connectivity index is 1.70. The lowest BCUT2D eigenvalue weighted by Gasteiger charge is -2.09. The molecule has 2 atom stereocenters. The SMILES string of the molecule is Nc1cccc(F)c1NC(=O)C1CC1c1ccccc1. The maximum absolute atomic E-state index is 13.6. The predicted molar refractivity (Wildman–Crippen MR) is 76.7 cm³/mol. The number of carbonyl (C=O) groups excluding carboxylic acids is 1. The van der Waals surface area contributed by atoms with Crippen LogP contribution < -0.4 is 11.1 Å². The van der Waals surface area contributed by atoms with Gasteiger partial charge in [0.2, 0.25) is 5.91 Å². The molecule has 0 aromatic heterocycles. The van der Waals surface area contributed by atoms with Crippen LogP contribution in [0.4, 0.5) is 15.8 Å². The Hall–Kier alpha value is -2.36. The average Bonchev–Trinajstić information content (AvgIpc) is 3.24. The molecule has 1 saturated carbocycles. The Kier molecular flexibility index (Phi) is 3.14. The van der Waals surface area contributed by atoms with E-state index < -0.39 is 5.82 Å². The first-order valence-corrected chi connectivity index (χ1v) is 6.56. The zero-order valence-electron chi connectivity index (χ0n) is 10.8. The number of benzene rings is 2. The molecule has 3 rings (SSSR count). The Labute approximate surface area is 116 Å². The number of nitrogen functional groups attached to an aromatic ring is 1. The summed E-state index contributed by atoms with van der Waals surface area (Å²) in [6.07, 6.45) is 0.796. The second kappa shape index (κ2) is 4.96. The van der Waals surface area contributed by atoms with Gasteiger partial charge in [0.25, 0.3) is 0 Å². The Bertz CT molecular complexity index is 622. The van der Waals surface area contributed by atoms with Gasteiger partial charge < -0.3 is 11.1 Å². The number of para-hydroxylation sites is 1. The van der Waals surface area contributed by atoms with E-state index in [-0.39, 0.29) is 29.1 Å². The average molecular weight is 270 g/mol. The van der Waals surface area contributed by atoms with Gasteiger partial charge in [0.1, 0.15) is 11.5 Å². The smallest absolute Gasteiger partial charge is 0.228 e. The molecule has 102 valence electrons. The lowest BCUT2D eigenvalue weighted by Crippen LogP contribution is -2.16. The second-order valence-corrected chi connectivity index (χ2v) is 5.05. The molecule has 0 heterocycles. The van der Waals surface area contributed by atoms with Crippen molar-refractivity contribution in [3.8, 4) is 0 Å². The standard InChI is InChI=1S/C16H15FN2O/c17-13-7-4-8-14(18)15(13)19-16(20)12-9-11(12)10-5-2-1-3-6-10/h1-8,11-12H,9,18H2,(H,19,20). The number of anilines is 2. The summed E-state index contributed by atoms with van der Waals surface area (Å²) in [5.74, 6) is -0.550. The van der Waals surface area contributed by atoms with E-state index >= 15 is 0 Å². The molecular weight excluding hydrogens is 255 g/mol. The highest BCUT2D eigenvalue weighted by Crippen LogP contribution is 2.48. The summed E-state index contributed by atoms with van der Waals surface area (Å²) in [6, 6.07) is 14.2. The Morgan fingerprint density at radius 1 is 1.15 bits per heavy atom. The minimum atomic E-state index is -0.504. The molecule has 0 bridgehead atoms. The summed E-state index contributed by atoms with van der Waals surface area (Å²) in [4.78, 5) is 12.1. The molecule has 20 heavy (non-hydrogen) atoms. The number of nitrogens with two attached hydrogens (primary N) is 1. The fourth-order valence-electron chi connectivity index (χ4n) is 2.44. The van der Waals surface area contributed by atoms with Crippen molar-refractivity contribution in [3.05, 3.63) is 59.9 Å². The monoisotopic (exact) mass is 270 g/mol. The van der Waals surface area contributed by atoms with Gasteiger partial charge in [-0.2, -0.15) is 0 Å². The van der Waals surface area contributed by atoms with Crippen molar-refractivity contribution in [2.75, 3.05) is 11.1 Å². The van der Waals surface area contributed by atoms with Gasteiger partial charge >= 0.3 is 0 Å². The number of amides is 1. The van der Waals surface area contributed by atoms with Crippen LogP contribution in [0, 0.1) is 11.7 Å². The van der Waals surface area contributed by atoms with Crippen LogP contribution in [0.25, 0.3) is 0 Å². The van der Waals surface area contributed by atoms with Crippen molar-refractivity contribution in [3.63, 3.8) is 0 Å². The summed E-state index contributed by atoms with van der Waals surface area (Å²) in [5, 5.41) is 2.60. The first-order chi connectivity index (χ1) is 9.66. The molecule has 1 fully saturated rings. The van der Waals surface area contributed by atoms with Gasteiger partial charge in [0.05, 0.1) is 5.69 Å². The van der Waals surface area contributed by atoms with Gasteiger partial charge in [-0.1, -0.05) is 36.4 Å². The molecule has 2 unspecified atom stereocenters. The van der Waals surface area contributed by atoms with Crippen molar-refractivity contribution in [2.45, 2.75) is 12.3 Å². The van der Waals surface area contributed by atoms with E-state index in [4.69, 9.17) is 5.73 Å². The molecule has 1 aliphatic carbocycles. The van der Waals surface area contributed by atoms with Crippen LogP contribution >= 0.6 is 0 Å². The van der Waals surface area contributed by atoms with E-state index in [0.29, 0.717) is 0 Å². The van der Waals surface area contributed by atoms with Crippen LogP contribution in [-0.2, 0) is 4.79 Å². The lowest BCUT2D eigenvalue weighted by atomic mass is 10.1. The molecule has 0 saturated heterocycles. The number of halogens is 1. The van der Waals surface area contributed by atoms with Crippen LogP contribution in [-0.4, -0.2) is 5.91 Å². The summed E-state index contributed by atoms with van der Waals surface area (Å²) in [5.41, 5.74) is 7.15. The molecule has 3 nitrogen and oxygen atoms in total. The molecule has 0 aliphatic heterocycles. The number of nitrogens with one attached hydrogen (secondary N) is 1. The van der Waals surface area contributed by atoms with Crippen LogP contribution in [0.5, 0.6) is 0 Å². The van der Waals surface area contributed by atoms with Gasteiger partial charge in [0, 0.05) is 5.92 Å². The van der Waals surface area contributed by atoms with Gasteiger partial charge in [-0.3, -0.25) is 4.79 Å². The molecule has 0 radical (unpaired) electrons. The number of rotatable bonds is 3. The fraction of sp³-hybridized carbons (Fsp3) is 0.188. The minimum Gasteiger partial charge on any atom is -0.397 e. The predicted octanol–water partition coefficient (Wildman–Crippen LogP) is 3.15. The first kappa shape index (κ1) is 12.7. The van der Waals surface area contributed by atoms with Crippen molar-refractivity contribution in [1.29, 1.82) is 0 Å². The first-order valence-electron chi connectivity index (χ1n) is 6.56. The van der Waals surface area contributed by atoms with Crippen molar-refractivity contribution in [1.82, 2.24) is 0 Å². The highest BCUT2D eigenvalue weighted by Gasteiger charge is 2.44. The lowest BCUT2D eigenvalue weighted by molar-refractivity contribution is -0.117. The van der Waals surface area contributed by atoms with Gasteiger partial charge in [-0.15, -0.1) is 0 Å². The zero-order chi connectivity index (χ0) is 14.1. The third-order valence-corrected chi connectivity index (χ3v) is 3.65. The highest BCUT2D eigenvalue weighted by atomic mass is 19.1. The van der Waals surface area contributed by atoms with Crippen LogP contribution in [0.3, 0.4) is 0 Å². The Morgan fingerprint density at radius 2 is 1.90 bits per heavy atom. The molecule has 2 aromatic rings. The molecule has 1 aliphatic rings. The van der Waals surface area contributed by atoms with E-state index in [0.717, 1.165) is 12.0 Å². The van der Waals surface area contributed by atoms with E-state index in [1.807, 2.05) is 30.3 Å². The van der Waals surface area contributed by atoms with E-state index in [9.17, 15) is 9.18 Å². The maximum Gasteiger partial charge on any atom is 0.228 e. The topological polar surface area (TPSA) is 55.1 Å². The summed E-state index contributed by atoms with van der Waals surface area (Å²) in [7, 11) is 0. The maximum atomic E-state index is 13.6. The third-order valence-electron chi connectivity index (χ3n) is 3.65. The van der Waals surface area contributed by atoms with Crippen LogP contribution in [0.1, 0.15) is 17.9 Å². The van der Waals surface area contributed by atoms with E-state index in [2.05, 4.69) is 5.32 Å². The Morgan fingerprint density at radius 3 is 2.60 bits per heavy atom. The second-order valence-electron chi connectivity index (χ2n) is 5.05. The van der Waals surface area contributed by atoms with Crippen molar-refractivity contribution in [2.24, 2.45) is 5.92 Å². The zero-order valence-corrected chi connectivity index (χ0v) is 10.8. The fourth-order valence-corrected chi connectivity index (χ4v) is 2.44. The largest absolute Gasteiger partial charge is 0.397 e. The minimum absolute atomic E-state index is 0.0798. The normalized spacial score (nSPS) is 20.4. The molecule has 0 spiro atoms.